The zero-order chi connectivity index (χ0) is 14.5. The van der Waals surface area contributed by atoms with Gasteiger partial charge in [-0.05, 0) is 36.9 Å². The van der Waals surface area contributed by atoms with Crippen LogP contribution < -0.4 is 10.1 Å². The number of nitrogens with one attached hydrogen (secondary N) is 1. The first-order valence-electron chi connectivity index (χ1n) is 7.65. The van der Waals surface area contributed by atoms with Crippen molar-refractivity contribution in [2.45, 2.75) is 33.4 Å². The van der Waals surface area contributed by atoms with E-state index in [4.69, 9.17) is 4.74 Å². The average Bonchev–Trinajstić information content (AvgIpc) is 2.39. The summed E-state index contributed by atoms with van der Waals surface area (Å²) in [5.41, 5.74) is 2.57. The van der Waals surface area contributed by atoms with Crippen molar-refractivity contribution in [1.29, 1.82) is 0 Å². The van der Waals surface area contributed by atoms with Crippen molar-refractivity contribution >= 4 is 0 Å². The van der Waals surface area contributed by atoms with Crippen LogP contribution in [0, 0.1) is 11.8 Å². The predicted octanol–water partition coefficient (Wildman–Crippen LogP) is 2.89. The van der Waals surface area contributed by atoms with Crippen LogP contribution in [0.4, 0.5) is 0 Å². The summed E-state index contributed by atoms with van der Waals surface area (Å²) in [6.45, 7) is 9.03. The number of hydrogen-bond donors (Lipinski definition) is 1. The van der Waals surface area contributed by atoms with Crippen molar-refractivity contribution in [3.63, 3.8) is 0 Å². The van der Waals surface area contributed by atoms with Crippen LogP contribution >= 0.6 is 0 Å². The highest BCUT2D eigenvalue weighted by Gasteiger charge is 2.21. The van der Waals surface area contributed by atoms with Crippen molar-refractivity contribution in [1.82, 2.24) is 10.2 Å². The van der Waals surface area contributed by atoms with Crippen LogP contribution in [0.25, 0.3) is 0 Å². The maximum atomic E-state index is 5.51. The maximum absolute atomic E-state index is 5.51. The van der Waals surface area contributed by atoms with Gasteiger partial charge in [-0.25, -0.2) is 0 Å². The summed E-state index contributed by atoms with van der Waals surface area (Å²) >= 11 is 0. The van der Waals surface area contributed by atoms with Crippen LogP contribution in [-0.2, 0) is 13.1 Å². The summed E-state index contributed by atoms with van der Waals surface area (Å²) in [7, 11) is 3.72. The quantitative estimate of drug-likeness (QED) is 0.895. The third-order valence-corrected chi connectivity index (χ3v) is 4.07. The lowest BCUT2D eigenvalue weighted by molar-refractivity contribution is 0.134. The van der Waals surface area contributed by atoms with Gasteiger partial charge in [0.25, 0.3) is 0 Å². The number of methoxy groups -OCH3 is 1. The molecule has 1 N–H and O–H groups in total. The Balaban J connectivity index is 2.05. The van der Waals surface area contributed by atoms with E-state index < -0.39 is 0 Å². The van der Waals surface area contributed by atoms with Crippen molar-refractivity contribution in [3.8, 4) is 5.75 Å². The summed E-state index contributed by atoms with van der Waals surface area (Å²) in [6.07, 6.45) is 1.36. The highest BCUT2D eigenvalue weighted by molar-refractivity contribution is 5.37. The molecule has 2 rings (SSSR count). The minimum atomic E-state index is 0.809. The van der Waals surface area contributed by atoms with Gasteiger partial charge in [0.1, 0.15) is 5.75 Å². The SMILES string of the molecule is CNCc1ccc(CN2CC(C)CC(C)C2)cc1OC. The Labute approximate surface area is 123 Å². The molecule has 20 heavy (non-hydrogen) atoms. The van der Waals surface area contributed by atoms with Gasteiger partial charge in [0.05, 0.1) is 7.11 Å². The molecule has 112 valence electrons. The molecule has 1 aromatic rings. The summed E-state index contributed by atoms with van der Waals surface area (Å²) in [6, 6.07) is 6.61. The monoisotopic (exact) mass is 276 g/mol. The number of benzene rings is 1. The van der Waals surface area contributed by atoms with Gasteiger partial charge in [0.2, 0.25) is 0 Å². The Morgan fingerprint density at radius 2 is 1.95 bits per heavy atom. The molecule has 1 aromatic carbocycles. The molecule has 2 unspecified atom stereocenters. The minimum absolute atomic E-state index is 0.809. The average molecular weight is 276 g/mol. The minimum Gasteiger partial charge on any atom is -0.496 e. The van der Waals surface area contributed by atoms with E-state index in [-0.39, 0.29) is 0 Å². The van der Waals surface area contributed by atoms with E-state index >= 15 is 0 Å². The van der Waals surface area contributed by atoms with Gasteiger partial charge in [0.15, 0.2) is 0 Å². The summed E-state index contributed by atoms with van der Waals surface area (Å²) < 4.78 is 5.51. The van der Waals surface area contributed by atoms with Gasteiger partial charge in [-0.2, -0.15) is 0 Å². The van der Waals surface area contributed by atoms with Crippen LogP contribution in [0.5, 0.6) is 5.75 Å². The molecule has 0 aliphatic carbocycles. The fourth-order valence-electron chi connectivity index (χ4n) is 3.40. The normalized spacial score (nSPS) is 23.8. The highest BCUT2D eigenvalue weighted by Crippen LogP contribution is 2.25. The van der Waals surface area contributed by atoms with Gasteiger partial charge in [0, 0.05) is 31.7 Å². The molecule has 3 heteroatoms. The second-order valence-electron chi connectivity index (χ2n) is 6.32. The van der Waals surface area contributed by atoms with Crippen LogP contribution in [-0.4, -0.2) is 32.1 Å². The van der Waals surface area contributed by atoms with Gasteiger partial charge < -0.3 is 10.1 Å². The first-order valence-corrected chi connectivity index (χ1v) is 7.65. The van der Waals surface area contributed by atoms with Gasteiger partial charge in [-0.3, -0.25) is 4.90 Å². The lowest BCUT2D eigenvalue weighted by atomic mass is 9.91. The zero-order valence-electron chi connectivity index (χ0n) is 13.3. The number of nitrogens with zero attached hydrogens (tertiary/aromatic N) is 1. The standard InChI is InChI=1S/C17H28N2O/c1-13-7-14(2)11-19(10-13)12-15-5-6-16(9-18-3)17(8-15)20-4/h5-6,8,13-14,18H,7,9-12H2,1-4H3. The van der Waals surface area contributed by atoms with Crippen molar-refractivity contribution in [2.24, 2.45) is 11.8 Å². The van der Waals surface area contributed by atoms with Crippen LogP contribution in [0.3, 0.4) is 0 Å². The van der Waals surface area contributed by atoms with E-state index in [0.29, 0.717) is 0 Å². The molecule has 1 fully saturated rings. The molecule has 1 aliphatic rings. The molecule has 1 heterocycles. The predicted molar refractivity (Wildman–Crippen MR) is 84.0 cm³/mol. The molecule has 3 nitrogen and oxygen atoms in total. The van der Waals surface area contributed by atoms with E-state index in [1.807, 2.05) is 7.05 Å². The summed E-state index contributed by atoms with van der Waals surface area (Å²) in [5.74, 6) is 2.61. The molecule has 1 aliphatic heterocycles. The molecule has 0 radical (unpaired) electrons. The highest BCUT2D eigenvalue weighted by atomic mass is 16.5. The van der Waals surface area contributed by atoms with Gasteiger partial charge >= 0.3 is 0 Å². The maximum Gasteiger partial charge on any atom is 0.123 e. The molecule has 0 bridgehead atoms. The Morgan fingerprint density at radius 3 is 2.55 bits per heavy atom. The second kappa shape index (κ2) is 7.09. The number of piperidine rings is 1. The van der Waals surface area contributed by atoms with Crippen LogP contribution in [0.1, 0.15) is 31.4 Å². The number of rotatable bonds is 5. The fraction of sp³-hybridized carbons (Fsp3) is 0.647. The number of ether oxygens (including phenoxy) is 1. The number of hydrogen-bond acceptors (Lipinski definition) is 3. The molecule has 2 atom stereocenters. The first-order chi connectivity index (χ1) is 9.62. The van der Waals surface area contributed by atoms with Crippen LogP contribution in [0.2, 0.25) is 0 Å². The van der Waals surface area contributed by atoms with E-state index in [9.17, 15) is 0 Å². The van der Waals surface area contributed by atoms with E-state index in [2.05, 4.69) is 42.3 Å². The Morgan fingerprint density at radius 1 is 1.25 bits per heavy atom. The molecule has 0 aromatic heterocycles. The van der Waals surface area contributed by atoms with Crippen LogP contribution in [0.15, 0.2) is 18.2 Å². The van der Waals surface area contributed by atoms with E-state index in [0.717, 1.165) is 30.7 Å². The van der Waals surface area contributed by atoms with Gasteiger partial charge in [-0.15, -0.1) is 0 Å². The smallest absolute Gasteiger partial charge is 0.123 e. The molecule has 0 spiro atoms. The lowest BCUT2D eigenvalue weighted by Crippen LogP contribution is -2.38. The lowest BCUT2D eigenvalue weighted by Gasteiger charge is -2.35. The van der Waals surface area contributed by atoms with E-state index in [1.54, 1.807) is 7.11 Å². The summed E-state index contributed by atoms with van der Waals surface area (Å²) in [4.78, 5) is 2.57. The molecular formula is C17H28N2O. The van der Waals surface area contributed by atoms with Crippen molar-refractivity contribution < 1.29 is 4.74 Å². The molecule has 0 saturated carbocycles. The van der Waals surface area contributed by atoms with Crippen molar-refractivity contribution in [2.75, 3.05) is 27.2 Å². The third kappa shape index (κ3) is 3.97. The zero-order valence-corrected chi connectivity index (χ0v) is 13.3. The Hall–Kier alpha value is -1.06. The third-order valence-electron chi connectivity index (χ3n) is 4.07. The molecule has 1 saturated heterocycles. The number of likely N-dealkylation sites (tertiary alicyclic amines) is 1. The fourth-order valence-corrected chi connectivity index (χ4v) is 3.40. The second-order valence-corrected chi connectivity index (χ2v) is 6.32. The topological polar surface area (TPSA) is 24.5 Å². The molecular weight excluding hydrogens is 248 g/mol. The first kappa shape index (κ1) is 15.3. The van der Waals surface area contributed by atoms with Crippen molar-refractivity contribution in [3.05, 3.63) is 29.3 Å². The largest absolute Gasteiger partial charge is 0.496 e. The Kier molecular flexibility index (Phi) is 5.44. The Bertz CT molecular complexity index is 423. The summed E-state index contributed by atoms with van der Waals surface area (Å²) in [5, 5.41) is 3.18. The van der Waals surface area contributed by atoms with Gasteiger partial charge in [-0.1, -0.05) is 26.0 Å². The van der Waals surface area contributed by atoms with E-state index in [1.165, 1.54) is 30.6 Å². The molecule has 0 amide bonds.